The van der Waals surface area contributed by atoms with E-state index in [1.165, 1.54) is 11.3 Å². The molecule has 1 aromatic heterocycles. The molecule has 0 saturated carbocycles. The van der Waals surface area contributed by atoms with Gasteiger partial charge in [-0.2, -0.15) is 4.98 Å². The van der Waals surface area contributed by atoms with Crippen LogP contribution in [0.4, 0.5) is 23.1 Å². The summed E-state index contributed by atoms with van der Waals surface area (Å²) in [5, 5.41) is 6.66. The molecule has 0 spiro atoms. The molecule has 0 fully saturated rings. The van der Waals surface area contributed by atoms with Gasteiger partial charge in [0.15, 0.2) is 0 Å². The second-order valence-electron chi connectivity index (χ2n) is 6.63. The molecule has 0 aliphatic carbocycles. The van der Waals surface area contributed by atoms with Gasteiger partial charge in [0.05, 0.1) is 0 Å². The smallest absolute Gasteiger partial charge is 0.229 e. The highest BCUT2D eigenvalue weighted by molar-refractivity contribution is 5.59. The van der Waals surface area contributed by atoms with Gasteiger partial charge >= 0.3 is 0 Å². The fraction of sp³-hybridized carbons (Fsp3) is 0.304. The Morgan fingerprint density at radius 3 is 2.36 bits per heavy atom. The molecule has 5 heteroatoms. The molecule has 2 N–H and O–H groups in total. The molecule has 0 bridgehead atoms. The maximum absolute atomic E-state index is 4.56. The number of hydrogen-bond acceptors (Lipinski definition) is 5. The van der Waals surface area contributed by atoms with Crippen molar-refractivity contribution >= 4 is 23.1 Å². The van der Waals surface area contributed by atoms with E-state index in [1.54, 1.807) is 6.20 Å². The van der Waals surface area contributed by atoms with Crippen molar-refractivity contribution in [1.82, 2.24) is 9.97 Å². The van der Waals surface area contributed by atoms with Crippen molar-refractivity contribution < 1.29 is 0 Å². The molecule has 1 heterocycles. The van der Waals surface area contributed by atoms with E-state index in [-0.39, 0.29) is 0 Å². The summed E-state index contributed by atoms with van der Waals surface area (Å²) in [5.74, 6) is 1.44. The van der Waals surface area contributed by atoms with Crippen LogP contribution in [0, 0.1) is 0 Å². The predicted octanol–water partition coefficient (Wildman–Crippen LogP) is 5.11. The minimum Gasteiger partial charge on any atom is -0.372 e. The lowest BCUT2D eigenvalue weighted by Crippen LogP contribution is -2.21. The quantitative estimate of drug-likeness (QED) is 0.482. The molecule has 0 aliphatic rings. The Bertz CT molecular complexity index is 829. The molecular weight excluding hydrogens is 346 g/mol. The first-order valence-corrected chi connectivity index (χ1v) is 10.0. The first kappa shape index (κ1) is 19.7. The molecular formula is C23H29N5. The SMILES string of the molecule is CCN(CC)c1ccc(Nc2nccc(NCCCc3ccccc3)n2)cc1. The Kier molecular flexibility index (Phi) is 7.24. The van der Waals surface area contributed by atoms with Crippen LogP contribution in [0.3, 0.4) is 0 Å². The number of hydrogen-bond donors (Lipinski definition) is 2. The van der Waals surface area contributed by atoms with Crippen LogP contribution >= 0.6 is 0 Å². The monoisotopic (exact) mass is 375 g/mol. The lowest BCUT2D eigenvalue weighted by atomic mass is 10.1. The number of rotatable bonds is 10. The fourth-order valence-electron chi connectivity index (χ4n) is 3.14. The van der Waals surface area contributed by atoms with Gasteiger partial charge in [0.1, 0.15) is 5.82 Å². The minimum atomic E-state index is 0.601. The van der Waals surface area contributed by atoms with Gasteiger partial charge in [-0.05, 0) is 62.6 Å². The van der Waals surface area contributed by atoms with Crippen LogP contribution in [0.5, 0.6) is 0 Å². The molecule has 28 heavy (non-hydrogen) atoms. The average Bonchev–Trinajstić information content (AvgIpc) is 2.74. The number of anilines is 4. The van der Waals surface area contributed by atoms with Gasteiger partial charge in [-0.3, -0.25) is 0 Å². The number of benzene rings is 2. The standard InChI is InChI=1S/C23H29N5/c1-3-28(4-2)21-14-12-20(13-15-21)26-23-25-18-16-22(27-23)24-17-8-11-19-9-6-5-7-10-19/h5-7,9-10,12-16,18H,3-4,8,11,17H2,1-2H3,(H2,24,25,26,27). The molecule has 146 valence electrons. The molecule has 0 atom stereocenters. The van der Waals surface area contributed by atoms with Crippen LogP contribution in [-0.4, -0.2) is 29.6 Å². The maximum atomic E-state index is 4.56. The topological polar surface area (TPSA) is 53.1 Å². The average molecular weight is 376 g/mol. The third kappa shape index (κ3) is 5.71. The summed E-state index contributed by atoms with van der Waals surface area (Å²) in [5.41, 5.74) is 3.57. The van der Waals surface area contributed by atoms with E-state index in [2.05, 4.69) is 87.9 Å². The van der Waals surface area contributed by atoms with Gasteiger partial charge in [-0.15, -0.1) is 0 Å². The zero-order valence-corrected chi connectivity index (χ0v) is 16.7. The Labute approximate surface area is 167 Å². The third-order valence-corrected chi connectivity index (χ3v) is 4.70. The van der Waals surface area contributed by atoms with E-state index >= 15 is 0 Å². The summed E-state index contributed by atoms with van der Waals surface area (Å²) in [7, 11) is 0. The number of nitrogens with zero attached hydrogens (tertiary/aromatic N) is 3. The van der Waals surface area contributed by atoms with Crippen molar-refractivity contribution in [3.05, 3.63) is 72.4 Å². The lowest BCUT2D eigenvalue weighted by Gasteiger charge is -2.21. The highest BCUT2D eigenvalue weighted by Crippen LogP contribution is 2.20. The summed E-state index contributed by atoms with van der Waals surface area (Å²) in [6.45, 7) is 7.22. The highest BCUT2D eigenvalue weighted by Gasteiger charge is 2.03. The predicted molar refractivity (Wildman–Crippen MR) is 119 cm³/mol. The Hall–Kier alpha value is -3.08. The third-order valence-electron chi connectivity index (χ3n) is 4.70. The second kappa shape index (κ2) is 10.3. The van der Waals surface area contributed by atoms with E-state index < -0.39 is 0 Å². The molecule has 2 aromatic carbocycles. The summed E-state index contributed by atoms with van der Waals surface area (Å²) >= 11 is 0. The first-order chi connectivity index (χ1) is 13.8. The zero-order valence-electron chi connectivity index (χ0n) is 16.7. The van der Waals surface area contributed by atoms with Crippen molar-refractivity contribution in [3.8, 4) is 0 Å². The summed E-state index contributed by atoms with van der Waals surface area (Å²) in [6.07, 6.45) is 3.89. The van der Waals surface area contributed by atoms with Gasteiger partial charge in [0, 0.05) is 37.2 Å². The van der Waals surface area contributed by atoms with Gasteiger partial charge in [0.2, 0.25) is 5.95 Å². The van der Waals surface area contributed by atoms with E-state index in [1.807, 2.05) is 12.1 Å². The van der Waals surface area contributed by atoms with Crippen molar-refractivity contribution in [2.45, 2.75) is 26.7 Å². The fourth-order valence-corrected chi connectivity index (χ4v) is 3.14. The Morgan fingerprint density at radius 2 is 1.64 bits per heavy atom. The van der Waals surface area contributed by atoms with Crippen LogP contribution in [0.1, 0.15) is 25.8 Å². The van der Waals surface area contributed by atoms with Crippen LogP contribution < -0.4 is 15.5 Å². The van der Waals surface area contributed by atoms with Crippen LogP contribution in [0.25, 0.3) is 0 Å². The lowest BCUT2D eigenvalue weighted by molar-refractivity contribution is 0.858. The number of aryl methyl sites for hydroxylation is 1. The normalized spacial score (nSPS) is 10.5. The Balaban J connectivity index is 1.51. The van der Waals surface area contributed by atoms with Gasteiger partial charge in [0.25, 0.3) is 0 Å². The second-order valence-corrected chi connectivity index (χ2v) is 6.63. The summed E-state index contributed by atoms with van der Waals surface area (Å²) in [6, 6.07) is 20.8. The molecule has 3 aromatic rings. The van der Waals surface area contributed by atoms with Crippen molar-refractivity contribution in [2.24, 2.45) is 0 Å². The van der Waals surface area contributed by atoms with Crippen molar-refractivity contribution in [2.75, 3.05) is 35.2 Å². The molecule has 0 saturated heterocycles. The molecule has 0 amide bonds. The molecule has 3 rings (SSSR count). The first-order valence-electron chi connectivity index (χ1n) is 10.0. The Morgan fingerprint density at radius 1 is 0.893 bits per heavy atom. The van der Waals surface area contributed by atoms with Crippen LogP contribution in [-0.2, 0) is 6.42 Å². The van der Waals surface area contributed by atoms with Gasteiger partial charge in [-0.25, -0.2) is 4.98 Å². The highest BCUT2D eigenvalue weighted by atomic mass is 15.1. The van der Waals surface area contributed by atoms with Gasteiger partial charge in [-0.1, -0.05) is 30.3 Å². The van der Waals surface area contributed by atoms with Crippen molar-refractivity contribution in [1.29, 1.82) is 0 Å². The van der Waals surface area contributed by atoms with E-state index in [0.717, 1.165) is 44.0 Å². The minimum absolute atomic E-state index is 0.601. The van der Waals surface area contributed by atoms with Crippen LogP contribution in [0.15, 0.2) is 66.9 Å². The number of aromatic nitrogens is 2. The molecule has 5 nitrogen and oxygen atoms in total. The van der Waals surface area contributed by atoms with Gasteiger partial charge < -0.3 is 15.5 Å². The van der Waals surface area contributed by atoms with E-state index in [0.29, 0.717) is 5.95 Å². The van der Waals surface area contributed by atoms with Crippen molar-refractivity contribution in [3.63, 3.8) is 0 Å². The largest absolute Gasteiger partial charge is 0.372 e. The summed E-state index contributed by atoms with van der Waals surface area (Å²) in [4.78, 5) is 11.2. The maximum Gasteiger partial charge on any atom is 0.229 e. The molecule has 0 radical (unpaired) electrons. The van der Waals surface area contributed by atoms with E-state index in [4.69, 9.17) is 0 Å². The summed E-state index contributed by atoms with van der Waals surface area (Å²) < 4.78 is 0. The zero-order chi connectivity index (χ0) is 19.6. The molecule has 0 aliphatic heterocycles. The number of nitrogens with one attached hydrogen (secondary N) is 2. The van der Waals surface area contributed by atoms with E-state index in [9.17, 15) is 0 Å². The van der Waals surface area contributed by atoms with Crippen LogP contribution in [0.2, 0.25) is 0 Å². The molecule has 0 unspecified atom stereocenters.